The van der Waals surface area contributed by atoms with Crippen LogP contribution in [0, 0.1) is 13.8 Å². The number of aryl methyl sites for hydroxylation is 2. The Morgan fingerprint density at radius 3 is 2.59 bits per heavy atom. The van der Waals surface area contributed by atoms with Crippen LogP contribution in [-0.2, 0) is 11.2 Å². The van der Waals surface area contributed by atoms with Crippen molar-refractivity contribution in [1.82, 2.24) is 4.98 Å². The summed E-state index contributed by atoms with van der Waals surface area (Å²) in [7, 11) is 0. The number of anilines is 1. The van der Waals surface area contributed by atoms with Crippen LogP contribution in [0.3, 0.4) is 0 Å². The van der Waals surface area contributed by atoms with E-state index in [1.54, 1.807) is 11.3 Å². The van der Waals surface area contributed by atoms with E-state index < -0.39 is 0 Å². The lowest BCUT2D eigenvalue weighted by molar-refractivity contribution is -0.115. The second-order valence-corrected chi connectivity index (χ2v) is 7.73. The van der Waals surface area contributed by atoms with Gasteiger partial charge in [0.1, 0.15) is 5.75 Å². The molecule has 5 heteroatoms. The van der Waals surface area contributed by atoms with E-state index in [0.717, 1.165) is 27.6 Å². The van der Waals surface area contributed by atoms with Gasteiger partial charge in [-0.2, -0.15) is 0 Å². The number of hydrogen-bond donors (Lipinski definition) is 1. The smallest absolute Gasteiger partial charge is 0.229 e. The molecule has 0 aliphatic carbocycles. The van der Waals surface area contributed by atoms with Gasteiger partial charge in [0, 0.05) is 10.4 Å². The van der Waals surface area contributed by atoms with Crippen LogP contribution in [-0.4, -0.2) is 17.5 Å². The number of thiazole rings is 1. The largest absolute Gasteiger partial charge is 0.491 e. The zero-order chi connectivity index (χ0) is 19.2. The first-order valence-electron chi connectivity index (χ1n) is 9.12. The molecule has 27 heavy (non-hydrogen) atoms. The Hall–Kier alpha value is -2.66. The molecule has 0 unspecified atom stereocenters. The Bertz CT molecular complexity index is 916. The Morgan fingerprint density at radius 1 is 1.11 bits per heavy atom. The molecule has 0 radical (unpaired) electrons. The highest BCUT2D eigenvalue weighted by Crippen LogP contribution is 2.30. The minimum atomic E-state index is -0.0699. The Morgan fingerprint density at radius 2 is 1.85 bits per heavy atom. The highest BCUT2D eigenvalue weighted by atomic mass is 32.1. The molecule has 3 rings (SSSR count). The van der Waals surface area contributed by atoms with E-state index in [0.29, 0.717) is 18.0 Å². The van der Waals surface area contributed by atoms with Gasteiger partial charge in [-0.25, -0.2) is 4.98 Å². The fourth-order valence-corrected chi connectivity index (χ4v) is 3.73. The quantitative estimate of drug-likeness (QED) is 0.597. The zero-order valence-corrected chi connectivity index (χ0v) is 16.7. The molecule has 0 aliphatic rings. The zero-order valence-electron chi connectivity index (χ0n) is 15.9. The average Bonchev–Trinajstić information content (AvgIpc) is 3.01. The van der Waals surface area contributed by atoms with E-state index in [2.05, 4.69) is 48.4 Å². The van der Waals surface area contributed by atoms with Gasteiger partial charge in [-0.15, -0.1) is 11.3 Å². The van der Waals surface area contributed by atoms with Gasteiger partial charge in [-0.05, 0) is 32.4 Å². The summed E-state index contributed by atoms with van der Waals surface area (Å²) in [6.45, 7) is 6.71. The van der Waals surface area contributed by atoms with E-state index >= 15 is 0 Å². The Labute approximate surface area is 164 Å². The third-order valence-corrected chi connectivity index (χ3v) is 5.04. The lowest BCUT2D eigenvalue weighted by Crippen LogP contribution is -2.15. The molecule has 4 nitrogen and oxygen atoms in total. The number of rotatable bonds is 7. The van der Waals surface area contributed by atoms with Crippen molar-refractivity contribution in [1.29, 1.82) is 0 Å². The van der Waals surface area contributed by atoms with E-state index in [1.807, 2.05) is 31.2 Å². The summed E-state index contributed by atoms with van der Waals surface area (Å²) in [5.41, 5.74) is 3.84. The van der Waals surface area contributed by atoms with Gasteiger partial charge in [0.05, 0.1) is 29.4 Å². The van der Waals surface area contributed by atoms with Gasteiger partial charge in [0.25, 0.3) is 0 Å². The van der Waals surface area contributed by atoms with Crippen molar-refractivity contribution >= 4 is 22.9 Å². The number of ether oxygens (including phenoxy) is 1. The third kappa shape index (κ3) is 4.95. The number of nitrogens with one attached hydrogen (secondary N) is 1. The molecule has 1 heterocycles. The van der Waals surface area contributed by atoms with Crippen molar-refractivity contribution in [3.05, 3.63) is 64.0 Å². The number of amides is 1. The van der Waals surface area contributed by atoms with E-state index in [-0.39, 0.29) is 12.3 Å². The summed E-state index contributed by atoms with van der Waals surface area (Å²) >= 11 is 1.57. The monoisotopic (exact) mass is 380 g/mol. The van der Waals surface area contributed by atoms with Crippen molar-refractivity contribution < 1.29 is 9.53 Å². The van der Waals surface area contributed by atoms with Gasteiger partial charge in [0.15, 0.2) is 0 Å². The molecule has 3 aromatic rings. The standard InChI is InChI=1S/C22H24N2O2S/c1-4-13-26-19-8-6-5-7-18(19)24-21(25)14-20-22(23-16(3)27-20)17-11-9-15(2)10-12-17/h5-12H,4,13-14H2,1-3H3,(H,24,25). The molecule has 0 aliphatic heterocycles. The van der Waals surface area contributed by atoms with E-state index in [4.69, 9.17) is 4.74 Å². The lowest BCUT2D eigenvalue weighted by atomic mass is 10.1. The highest BCUT2D eigenvalue weighted by molar-refractivity contribution is 7.12. The van der Waals surface area contributed by atoms with Crippen LogP contribution in [0.2, 0.25) is 0 Å². The van der Waals surface area contributed by atoms with Crippen molar-refractivity contribution in [2.75, 3.05) is 11.9 Å². The van der Waals surface area contributed by atoms with Gasteiger partial charge < -0.3 is 10.1 Å². The number of carbonyl (C=O) groups is 1. The topological polar surface area (TPSA) is 51.2 Å². The van der Waals surface area contributed by atoms with E-state index in [1.165, 1.54) is 5.56 Å². The minimum absolute atomic E-state index is 0.0699. The maximum absolute atomic E-state index is 12.7. The molecular weight excluding hydrogens is 356 g/mol. The van der Waals surface area contributed by atoms with Crippen LogP contribution < -0.4 is 10.1 Å². The molecule has 0 bridgehead atoms. The van der Waals surface area contributed by atoms with E-state index in [9.17, 15) is 4.79 Å². The van der Waals surface area contributed by atoms with Crippen molar-refractivity contribution in [3.8, 4) is 17.0 Å². The summed E-state index contributed by atoms with van der Waals surface area (Å²) in [6, 6.07) is 15.8. The second-order valence-electron chi connectivity index (χ2n) is 6.44. The number of benzene rings is 2. The third-order valence-electron chi connectivity index (χ3n) is 4.07. The fourth-order valence-electron chi connectivity index (χ4n) is 2.77. The number of hydrogen-bond acceptors (Lipinski definition) is 4. The molecule has 0 saturated heterocycles. The van der Waals surface area contributed by atoms with Crippen molar-refractivity contribution in [2.45, 2.75) is 33.6 Å². The van der Waals surface area contributed by atoms with Gasteiger partial charge in [-0.3, -0.25) is 4.79 Å². The second kappa shape index (κ2) is 8.82. The highest BCUT2D eigenvalue weighted by Gasteiger charge is 2.16. The first-order valence-corrected chi connectivity index (χ1v) is 9.93. The number of aromatic nitrogens is 1. The van der Waals surface area contributed by atoms with Gasteiger partial charge in [-0.1, -0.05) is 48.9 Å². The normalized spacial score (nSPS) is 10.6. The summed E-state index contributed by atoms with van der Waals surface area (Å²) < 4.78 is 5.72. The maximum atomic E-state index is 12.7. The molecule has 2 aromatic carbocycles. The molecular formula is C22H24N2O2S. The van der Waals surface area contributed by atoms with Crippen LogP contribution in [0.4, 0.5) is 5.69 Å². The molecule has 1 aromatic heterocycles. The predicted molar refractivity (Wildman–Crippen MR) is 112 cm³/mol. The van der Waals surface area contributed by atoms with Crippen LogP contribution in [0.15, 0.2) is 48.5 Å². The van der Waals surface area contributed by atoms with Gasteiger partial charge in [0.2, 0.25) is 5.91 Å². The minimum Gasteiger partial charge on any atom is -0.491 e. The number of nitrogens with zero attached hydrogens (tertiary/aromatic N) is 1. The summed E-state index contributed by atoms with van der Waals surface area (Å²) in [4.78, 5) is 18.3. The summed E-state index contributed by atoms with van der Waals surface area (Å²) in [5.74, 6) is 0.631. The molecule has 0 atom stereocenters. The fraction of sp³-hybridized carbons (Fsp3) is 0.273. The molecule has 140 valence electrons. The van der Waals surface area contributed by atoms with Crippen LogP contribution in [0.5, 0.6) is 5.75 Å². The van der Waals surface area contributed by atoms with Crippen LogP contribution in [0.25, 0.3) is 11.3 Å². The molecule has 0 saturated carbocycles. The first-order chi connectivity index (χ1) is 13.1. The molecule has 1 N–H and O–H groups in total. The van der Waals surface area contributed by atoms with Crippen molar-refractivity contribution in [3.63, 3.8) is 0 Å². The first kappa shape index (κ1) is 19.1. The predicted octanol–water partition coefficient (Wildman–Crippen LogP) is 5.40. The van der Waals surface area contributed by atoms with Crippen LogP contribution >= 0.6 is 11.3 Å². The van der Waals surface area contributed by atoms with Crippen LogP contribution in [0.1, 0.15) is 28.8 Å². The Kier molecular flexibility index (Phi) is 6.24. The summed E-state index contributed by atoms with van der Waals surface area (Å²) in [6.07, 6.45) is 1.21. The number of para-hydroxylation sites is 2. The molecule has 0 fully saturated rings. The van der Waals surface area contributed by atoms with Crippen molar-refractivity contribution in [2.24, 2.45) is 0 Å². The average molecular weight is 381 g/mol. The van der Waals surface area contributed by atoms with Gasteiger partial charge >= 0.3 is 0 Å². The number of carbonyl (C=O) groups excluding carboxylic acids is 1. The summed E-state index contributed by atoms with van der Waals surface area (Å²) in [5, 5.41) is 3.94. The SMILES string of the molecule is CCCOc1ccccc1NC(=O)Cc1sc(C)nc1-c1ccc(C)cc1. The molecule has 1 amide bonds. The molecule has 0 spiro atoms. The Balaban J connectivity index is 1.77. The maximum Gasteiger partial charge on any atom is 0.229 e. The lowest BCUT2D eigenvalue weighted by Gasteiger charge is -2.12.